The molecular weight excluding hydrogens is 220 g/mol. The fourth-order valence-corrected chi connectivity index (χ4v) is 3.76. The molecule has 106 valence electrons. The van der Waals surface area contributed by atoms with E-state index in [0.717, 1.165) is 24.5 Å². The van der Waals surface area contributed by atoms with Gasteiger partial charge in [0.1, 0.15) is 0 Å². The second-order valence-electron chi connectivity index (χ2n) is 7.41. The normalized spacial score (nSPS) is 35.0. The first kappa shape index (κ1) is 14.3. The molecular formula is C16H32N2. The van der Waals surface area contributed by atoms with Crippen LogP contribution in [-0.2, 0) is 0 Å². The van der Waals surface area contributed by atoms with Gasteiger partial charge in [0.25, 0.3) is 0 Å². The fourth-order valence-electron chi connectivity index (χ4n) is 3.76. The molecule has 18 heavy (non-hydrogen) atoms. The molecule has 0 aromatic heterocycles. The summed E-state index contributed by atoms with van der Waals surface area (Å²) in [6.07, 6.45) is 7.00. The Bertz CT molecular complexity index is 248. The van der Waals surface area contributed by atoms with Crippen molar-refractivity contribution in [2.75, 3.05) is 19.6 Å². The molecule has 0 amide bonds. The Labute approximate surface area is 114 Å². The number of likely N-dealkylation sites (tertiary alicyclic amines) is 1. The Morgan fingerprint density at radius 1 is 1.06 bits per heavy atom. The Morgan fingerprint density at radius 2 is 1.72 bits per heavy atom. The molecule has 1 aliphatic carbocycles. The van der Waals surface area contributed by atoms with E-state index < -0.39 is 0 Å². The maximum Gasteiger partial charge on any atom is 0.00965 e. The molecule has 1 unspecified atom stereocenters. The van der Waals surface area contributed by atoms with Gasteiger partial charge >= 0.3 is 0 Å². The Kier molecular flexibility index (Phi) is 4.71. The lowest BCUT2D eigenvalue weighted by molar-refractivity contribution is 0.152. The van der Waals surface area contributed by atoms with Crippen molar-refractivity contribution < 1.29 is 0 Å². The van der Waals surface area contributed by atoms with Crippen molar-refractivity contribution in [3.05, 3.63) is 0 Å². The summed E-state index contributed by atoms with van der Waals surface area (Å²) in [6.45, 7) is 13.3. The highest BCUT2D eigenvalue weighted by atomic mass is 15.2. The predicted molar refractivity (Wildman–Crippen MR) is 78.9 cm³/mol. The summed E-state index contributed by atoms with van der Waals surface area (Å²) in [5.41, 5.74) is 0.496. The Morgan fingerprint density at radius 3 is 2.22 bits per heavy atom. The van der Waals surface area contributed by atoms with Gasteiger partial charge in [0.2, 0.25) is 0 Å². The number of nitrogens with zero attached hydrogens (tertiary/aromatic N) is 1. The van der Waals surface area contributed by atoms with Crippen LogP contribution < -0.4 is 5.32 Å². The molecule has 2 fully saturated rings. The van der Waals surface area contributed by atoms with Crippen molar-refractivity contribution in [1.29, 1.82) is 0 Å². The minimum atomic E-state index is 0.496. The van der Waals surface area contributed by atoms with E-state index in [2.05, 4.69) is 37.9 Å². The van der Waals surface area contributed by atoms with Crippen LogP contribution in [0.15, 0.2) is 0 Å². The van der Waals surface area contributed by atoms with Gasteiger partial charge in [-0.05, 0) is 56.5 Å². The highest BCUT2D eigenvalue weighted by Gasteiger charge is 2.35. The van der Waals surface area contributed by atoms with Crippen molar-refractivity contribution in [3.8, 4) is 0 Å². The fraction of sp³-hybridized carbons (Fsp3) is 1.00. The number of hydrogen-bond acceptors (Lipinski definition) is 2. The van der Waals surface area contributed by atoms with E-state index in [9.17, 15) is 0 Å². The second-order valence-corrected chi connectivity index (χ2v) is 7.41. The summed E-state index contributed by atoms with van der Waals surface area (Å²) in [5.74, 6) is 0.906. The zero-order valence-corrected chi connectivity index (χ0v) is 12.8. The minimum absolute atomic E-state index is 0.496. The zero-order valence-electron chi connectivity index (χ0n) is 12.8. The SMILES string of the molecule is CCNC1CCC(N2CCC(C(C)(C)C)C2)CC1. The quantitative estimate of drug-likeness (QED) is 0.829. The number of hydrogen-bond donors (Lipinski definition) is 1. The van der Waals surface area contributed by atoms with Crippen LogP contribution in [0, 0.1) is 11.3 Å². The van der Waals surface area contributed by atoms with Gasteiger partial charge in [-0.15, -0.1) is 0 Å². The van der Waals surface area contributed by atoms with Gasteiger partial charge in [0, 0.05) is 18.6 Å². The number of nitrogens with one attached hydrogen (secondary N) is 1. The van der Waals surface area contributed by atoms with Crippen molar-refractivity contribution in [3.63, 3.8) is 0 Å². The standard InChI is InChI=1S/C16H32N2/c1-5-17-14-6-8-15(9-7-14)18-11-10-13(12-18)16(2,3)4/h13-15,17H,5-12H2,1-4H3. The first-order valence-corrected chi connectivity index (χ1v) is 7.98. The molecule has 2 aliphatic rings. The molecule has 1 N–H and O–H groups in total. The van der Waals surface area contributed by atoms with Gasteiger partial charge in [0.15, 0.2) is 0 Å². The minimum Gasteiger partial charge on any atom is -0.314 e. The molecule has 0 aromatic carbocycles. The highest BCUT2D eigenvalue weighted by molar-refractivity contribution is 4.90. The van der Waals surface area contributed by atoms with Crippen molar-refractivity contribution in [2.45, 2.75) is 71.9 Å². The van der Waals surface area contributed by atoms with Crippen LogP contribution in [0.2, 0.25) is 0 Å². The second kappa shape index (κ2) is 5.92. The lowest BCUT2D eigenvalue weighted by Crippen LogP contribution is -2.42. The molecule has 0 bridgehead atoms. The van der Waals surface area contributed by atoms with Crippen LogP contribution in [0.25, 0.3) is 0 Å². The molecule has 0 radical (unpaired) electrons. The van der Waals surface area contributed by atoms with Crippen molar-refractivity contribution >= 4 is 0 Å². The maximum absolute atomic E-state index is 3.61. The molecule has 0 spiro atoms. The molecule has 2 rings (SSSR count). The summed E-state index contributed by atoms with van der Waals surface area (Å²) < 4.78 is 0. The summed E-state index contributed by atoms with van der Waals surface area (Å²) in [6, 6.07) is 1.68. The molecule has 1 saturated carbocycles. The van der Waals surface area contributed by atoms with Gasteiger partial charge in [-0.1, -0.05) is 27.7 Å². The van der Waals surface area contributed by atoms with Gasteiger partial charge in [-0.2, -0.15) is 0 Å². The van der Waals surface area contributed by atoms with E-state index in [1.807, 2.05) is 0 Å². The number of rotatable bonds is 3. The molecule has 1 saturated heterocycles. The molecule has 2 nitrogen and oxygen atoms in total. The van der Waals surface area contributed by atoms with Gasteiger partial charge in [-0.25, -0.2) is 0 Å². The first-order chi connectivity index (χ1) is 8.50. The largest absolute Gasteiger partial charge is 0.314 e. The zero-order chi connectivity index (χ0) is 13.2. The predicted octanol–water partition coefficient (Wildman–Crippen LogP) is 3.28. The van der Waals surface area contributed by atoms with Crippen LogP contribution in [-0.4, -0.2) is 36.6 Å². The smallest absolute Gasteiger partial charge is 0.00965 e. The highest BCUT2D eigenvalue weighted by Crippen LogP contribution is 2.36. The van der Waals surface area contributed by atoms with Crippen LogP contribution in [0.5, 0.6) is 0 Å². The van der Waals surface area contributed by atoms with Gasteiger partial charge in [-0.3, -0.25) is 0 Å². The van der Waals surface area contributed by atoms with E-state index in [-0.39, 0.29) is 0 Å². The third-order valence-corrected chi connectivity index (χ3v) is 5.15. The van der Waals surface area contributed by atoms with E-state index in [1.165, 1.54) is 45.2 Å². The van der Waals surface area contributed by atoms with Crippen molar-refractivity contribution in [2.24, 2.45) is 11.3 Å². The average molecular weight is 252 g/mol. The maximum atomic E-state index is 3.61. The molecule has 1 aliphatic heterocycles. The van der Waals surface area contributed by atoms with Crippen LogP contribution >= 0.6 is 0 Å². The summed E-state index contributed by atoms with van der Waals surface area (Å²) in [4.78, 5) is 2.79. The van der Waals surface area contributed by atoms with Crippen molar-refractivity contribution in [1.82, 2.24) is 10.2 Å². The van der Waals surface area contributed by atoms with Gasteiger partial charge < -0.3 is 10.2 Å². The summed E-state index contributed by atoms with van der Waals surface area (Å²) >= 11 is 0. The van der Waals surface area contributed by atoms with E-state index in [0.29, 0.717) is 5.41 Å². The monoisotopic (exact) mass is 252 g/mol. The molecule has 0 aromatic rings. The molecule has 1 atom stereocenters. The summed E-state index contributed by atoms with van der Waals surface area (Å²) in [7, 11) is 0. The van der Waals surface area contributed by atoms with Crippen LogP contribution in [0.1, 0.15) is 59.8 Å². The lowest BCUT2D eigenvalue weighted by Gasteiger charge is -2.36. The average Bonchev–Trinajstić information content (AvgIpc) is 2.79. The third kappa shape index (κ3) is 3.48. The third-order valence-electron chi connectivity index (χ3n) is 5.15. The molecule has 1 heterocycles. The Balaban J connectivity index is 1.78. The van der Waals surface area contributed by atoms with E-state index >= 15 is 0 Å². The molecule has 2 heteroatoms. The lowest BCUT2D eigenvalue weighted by atomic mass is 9.80. The van der Waals surface area contributed by atoms with Gasteiger partial charge in [0.05, 0.1) is 0 Å². The van der Waals surface area contributed by atoms with Crippen LogP contribution in [0.3, 0.4) is 0 Å². The first-order valence-electron chi connectivity index (χ1n) is 7.98. The topological polar surface area (TPSA) is 15.3 Å². The van der Waals surface area contributed by atoms with E-state index in [4.69, 9.17) is 0 Å². The van der Waals surface area contributed by atoms with E-state index in [1.54, 1.807) is 0 Å². The van der Waals surface area contributed by atoms with Crippen LogP contribution in [0.4, 0.5) is 0 Å². The summed E-state index contributed by atoms with van der Waals surface area (Å²) in [5, 5.41) is 3.61. The Hall–Kier alpha value is -0.0800.